The number of anilines is 1. The van der Waals surface area contributed by atoms with Crippen molar-refractivity contribution in [3.8, 4) is 0 Å². The van der Waals surface area contributed by atoms with Gasteiger partial charge in [0, 0.05) is 34.7 Å². The van der Waals surface area contributed by atoms with Crippen LogP contribution in [0.2, 0.25) is 5.15 Å². The summed E-state index contributed by atoms with van der Waals surface area (Å²) in [6.07, 6.45) is 2.35. The second kappa shape index (κ2) is 8.40. The quantitative estimate of drug-likeness (QED) is 0.513. The molecule has 0 radical (unpaired) electrons. The van der Waals surface area contributed by atoms with Crippen molar-refractivity contribution in [3.05, 3.63) is 63.8 Å². The molecular formula is C20H16ClF2N3O3. The number of carbonyl (C=O) groups is 2. The van der Waals surface area contributed by atoms with E-state index in [0.29, 0.717) is 16.5 Å². The molecule has 2 aromatic carbocycles. The maximum absolute atomic E-state index is 14.2. The fourth-order valence-corrected chi connectivity index (χ4v) is 2.94. The molecule has 3 N–H and O–H groups in total. The molecule has 0 saturated carbocycles. The van der Waals surface area contributed by atoms with Gasteiger partial charge in [0.15, 0.2) is 0 Å². The molecule has 0 aliphatic rings. The second-order valence-electron chi connectivity index (χ2n) is 6.39. The number of nitrogens with one attached hydrogen (secondary N) is 2. The summed E-state index contributed by atoms with van der Waals surface area (Å²) in [5.74, 6) is -2.74. The van der Waals surface area contributed by atoms with Gasteiger partial charge in [-0.1, -0.05) is 11.6 Å². The number of nitrogens with zero attached hydrogens (tertiary/aromatic N) is 1. The van der Waals surface area contributed by atoms with Gasteiger partial charge in [-0.2, -0.15) is 5.10 Å². The van der Waals surface area contributed by atoms with Crippen LogP contribution < -0.4 is 5.32 Å². The number of fused-ring (bicyclic) bond motifs is 1. The number of carboxylic acids is 1. The van der Waals surface area contributed by atoms with Crippen molar-refractivity contribution in [3.63, 3.8) is 0 Å². The van der Waals surface area contributed by atoms with Crippen LogP contribution in [0.1, 0.15) is 23.1 Å². The molecule has 0 spiro atoms. The number of aliphatic carboxylic acids is 1. The van der Waals surface area contributed by atoms with Crippen molar-refractivity contribution in [2.75, 3.05) is 5.32 Å². The number of halogens is 3. The number of hydrogen-bond acceptors (Lipinski definition) is 3. The topological polar surface area (TPSA) is 95.1 Å². The maximum atomic E-state index is 14.2. The van der Waals surface area contributed by atoms with Crippen LogP contribution >= 0.6 is 11.6 Å². The molecule has 29 heavy (non-hydrogen) atoms. The number of aromatic nitrogens is 2. The molecule has 0 aliphatic heterocycles. The Hall–Kier alpha value is -3.26. The van der Waals surface area contributed by atoms with Gasteiger partial charge in [0.1, 0.15) is 16.8 Å². The molecule has 0 saturated heterocycles. The van der Waals surface area contributed by atoms with Gasteiger partial charge in [-0.15, -0.1) is 0 Å². The minimum atomic E-state index is -1.00. The number of carboxylic acid groups (broad SMARTS) is 1. The number of hydrogen-bond donors (Lipinski definition) is 3. The third-order valence-electron chi connectivity index (χ3n) is 4.33. The van der Waals surface area contributed by atoms with Gasteiger partial charge >= 0.3 is 5.97 Å². The van der Waals surface area contributed by atoms with Gasteiger partial charge < -0.3 is 10.4 Å². The van der Waals surface area contributed by atoms with Crippen molar-refractivity contribution in [2.24, 2.45) is 0 Å². The number of rotatable bonds is 6. The lowest BCUT2D eigenvalue weighted by atomic mass is 10.0. The normalized spacial score (nSPS) is 11.3. The van der Waals surface area contributed by atoms with Gasteiger partial charge in [-0.25, -0.2) is 8.78 Å². The van der Waals surface area contributed by atoms with Crippen LogP contribution in [0, 0.1) is 18.6 Å². The van der Waals surface area contributed by atoms with Crippen LogP contribution in [0.25, 0.3) is 17.0 Å². The average molecular weight is 420 g/mol. The van der Waals surface area contributed by atoms with Crippen molar-refractivity contribution in [1.29, 1.82) is 0 Å². The molecule has 9 heteroatoms. The molecular weight excluding hydrogens is 404 g/mol. The Morgan fingerprint density at radius 3 is 2.72 bits per heavy atom. The molecule has 0 fully saturated rings. The molecule has 3 rings (SSSR count). The summed E-state index contributed by atoms with van der Waals surface area (Å²) < 4.78 is 28.3. The summed E-state index contributed by atoms with van der Waals surface area (Å²) in [5, 5.41) is 18.4. The Morgan fingerprint density at radius 2 is 2.00 bits per heavy atom. The van der Waals surface area contributed by atoms with E-state index in [0.717, 1.165) is 6.08 Å². The number of benzene rings is 2. The summed E-state index contributed by atoms with van der Waals surface area (Å²) >= 11 is 5.86. The second-order valence-corrected chi connectivity index (χ2v) is 6.77. The summed E-state index contributed by atoms with van der Waals surface area (Å²) in [7, 11) is 0. The zero-order chi connectivity index (χ0) is 21.1. The zero-order valence-corrected chi connectivity index (χ0v) is 16.0. The van der Waals surface area contributed by atoms with Gasteiger partial charge in [0.05, 0.1) is 5.52 Å². The predicted molar refractivity (Wildman–Crippen MR) is 106 cm³/mol. The minimum absolute atomic E-state index is 0.128. The van der Waals surface area contributed by atoms with Gasteiger partial charge in [0.25, 0.3) is 0 Å². The first kappa shape index (κ1) is 20.5. The Kier molecular flexibility index (Phi) is 5.93. The minimum Gasteiger partial charge on any atom is -0.481 e. The highest BCUT2D eigenvalue weighted by Gasteiger charge is 2.11. The van der Waals surface area contributed by atoms with Gasteiger partial charge in [0.2, 0.25) is 5.91 Å². The largest absolute Gasteiger partial charge is 0.481 e. The van der Waals surface area contributed by atoms with E-state index in [9.17, 15) is 18.4 Å². The SMILES string of the molecule is Cc1c(F)cc(CCC(=O)O)cc1NC(=O)C=Cc1cc2n[nH]c(Cl)c2cc1F. The van der Waals surface area contributed by atoms with Gasteiger partial charge in [-0.05, 0) is 49.2 Å². The van der Waals surface area contributed by atoms with Crippen LogP contribution in [0.5, 0.6) is 0 Å². The molecule has 3 aromatic rings. The number of aromatic amines is 1. The fraction of sp³-hybridized carbons (Fsp3) is 0.150. The third kappa shape index (κ3) is 4.78. The smallest absolute Gasteiger partial charge is 0.303 e. The van der Waals surface area contributed by atoms with Crippen LogP contribution in [0.4, 0.5) is 14.5 Å². The van der Waals surface area contributed by atoms with E-state index in [-0.39, 0.29) is 34.8 Å². The predicted octanol–water partition coefficient (Wildman–Crippen LogP) is 4.47. The average Bonchev–Trinajstić information content (AvgIpc) is 3.01. The summed E-state index contributed by atoms with van der Waals surface area (Å²) in [4.78, 5) is 22.9. The summed E-state index contributed by atoms with van der Waals surface area (Å²) in [6, 6.07) is 5.41. The van der Waals surface area contributed by atoms with Crippen molar-refractivity contribution in [2.45, 2.75) is 19.8 Å². The molecule has 0 aliphatic carbocycles. The Labute approximate surface area is 169 Å². The van der Waals surface area contributed by atoms with E-state index in [2.05, 4.69) is 15.5 Å². The van der Waals surface area contributed by atoms with Crippen LogP contribution in [-0.4, -0.2) is 27.2 Å². The van der Waals surface area contributed by atoms with E-state index in [1.807, 2.05) is 0 Å². The first-order valence-electron chi connectivity index (χ1n) is 8.57. The number of amides is 1. The number of aryl methyl sites for hydroxylation is 1. The highest BCUT2D eigenvalue weighted by atomic mass is 35.5. The monoisotopic (exact) mass is 419 g/mol. The number of H-pyrrole nitrogens is 1. The highest BCUT2D eigenvalue weighted by Crippen LogP contribution is 2.25. The standard InChI is InChI=1S/C20H16ClF2N3O3/c1-10-14(22)6-11(2-5-19(28)29)7-16(10)24-18(27)4-3-12-8-17-13(9-15(12)23)20(21)26-25-17/h3-4,6-9H,2,5H2,1H3,(H,24,27)(H,25,26)(H,28,29). The third-order valence-corrected chi connectivity index (χ3v) is 4.62. The van der Waals surface area contributed by atoms with E-state index >= 15 is 0 Å². The molecule has 1 amide bonds. The summed E-state index contributed by atoms with van der Waals surface area (Å²) in [6.45, 7) is 1.49. The number of carbonyl (C=O) groups excluding carboxylic acids is 1. The molecule has 0 atom stereocenters. The Balaban J connectivity index is 1.78. The van der Waals surface area contributed by atoms with Crippen LogP contribution in [0.3, 0.4) is 0 Å². The van der Waals surface area contributed by atoms with E-state index < -0.39 is 23.5 Å². The highest BCUT2D eigenvalue weighted by molar-refractivity contribution is 6.34. The van der Waals surface area contributed by atoms with E-state index in [1.54, 1.807) is 0 Å². The van der Waals surface area contributed by atoms with Crippen molar-refractivity contribution in [1.82, 2.24) is 10.2 Å². The fourth-order valence-electron chi connectivity index (χ4n) is 2.74. The van der Waals surface area contributed by atoms with E-state index in [4.69, 9.17) is 16.7 Å². The van der Waals surface area contributed by atoms with Crippen LogP contribution in [0.15, 0.2) is 30.3 Å². The van der Waals surface area contributed by atoms with Crippen molar-refractivity contribution >= 4 is 46.1 Å². The molecule has 0 unspecified atom stereocenters. The molecule has 0 bridgehead atoms. The Bertz CT molecular complexity index is 1140. The molecule has 1 heterocycles. The van der Waals surface area contributed by atoms with Gasteiger partial charge in [-0.3, -0.25) is 14.7 Å². The van der Waals surface area contributed by atoms with Crippen molar-refractivity contribution < 1.29 is 23.5 Å². The first-order valence-corrected chi connectivity index (χ1v) is 8.95. The molecule has 1 aromatic heterocycles. The lowest BCUT2D eigenvalue weighted by Crippen LogP contribution is -2.10. The molecule has 150 valence electrons. The molecule has 6 nitrogen and oxygen atoms in total. The zero-order valence-electron chi connectivity index (χ0n) is 15.2. The lowest BCUT2D eigenvalue weighted by Gasteiger charge is -2.10. The maximum Gasteiger partial charge on any atom is 0.303 e. The Morgan fingerprint density at radius 1 is 1.24 bits per heavy atom. The summed E-state index contributed by atoms with van der Waals surface area (Å²) in [5.41, 5.74) is 1.45. The lowest BCUT2D eigenvalue weighted by molar-refractivity contribution is -0.137. The first-order chi connectivity index (χ1) is 13.7. The van der Waals surface area contributed by atoms with E-state index in [1.165, 1.54) is 37.3 Å². The van der Waals surface area contributed by atoms with Crippen LogP contribution in [-0.2, 0) is 16.0 Å².